The Morgan fingerprint density at radius 3 is 2.56 bits per heavy atom. The number of H-pyrrole nitrogens is 1. The highest BCUT2D eigenvalue weighted by Crippen LogP contribution is 2.13. The van der Waals surface area contributed by atoms with Crippen LogP contribution >= 0.6 is 0 Å². The summed E-state index contributed by atoms with van der Waals surface area (Å²) < 4.78 is 4.92. The lowest BCUT2D eigenvalue weighted by atomic mass is 10.1. The number of hydrogen-bond donors (Lipinski definition) is 2. The Kier molecular flexibility index (Phi) is 5.66. The van der Waals surface area contributed by atoms with Gasteiger partial charge < -0.3 is 15.0 Å². The molecule has 0 spiro atoms. The molecule has 0 atom stereocenters. The number of pyridine rings is 1. The van der Waals surface area contributed by atoms with Crippen LogP contribution in [-0.4, -0.2) is 23.5 Å². The van der Waals surface area contributed by atoms with Gasteiger partial charge in [-0.2, -0.15) is 0 Å². The second-order valence-corrected chi connectivity index (χ2v) is 6.06. The van der Waals surface area contributed by atoms with Crippen LogP contribution in [0.25, 0.3) is 10.9 Å². The summed E-state index contributed by atoms with van der Waals surface area (Å²) in [5.41, 5.74) is 2.18. The number of aromatic nitrogens is 1. The van der Waals surface area contributed by atoms with Gasteiger partial charge in [0.05, 0.1) is 12.2 Å². The monoisotopic (exact) mass is 364 g/mol. The molecular formula is C21H20N2O4. The molecule has 3 aromatic rings. The third-order valence-corrected chi connectivity index (χ3v) is 4.13. The summed E-state index contributed by atoms with van der Waals surface area (Å²) >= 11 is 0. The zero-order chi connectivity index (χ0) is 19.2. The Bertz CT molecular complexity index is 1020. The number of nitrogens with one attached hydrogen (secondary N) is 2. The van der Waals surface area contributed by atoms with Gasteiger partial charge in [0.2, 0.25) is 5.91 Å². The summed E-state index contributed by atoms with van der Waals surface area (Å²) in [5, 5.41) is 3.70. The van der Waals surface area contributed by atoms with Crippen molar-refractivity contribution in [1.82, 2.24) is 4.98 Å². The first-order valence-corrected chi connectivity index (χ1v) is 8.75. The van der Waals surface area contributed by atoms with E-state index in [2.05, 4.69) is 10.3 Å². The number of carbonyl (C=O) groups excluding carboxylic acids is 2. The number of rotatable bonds is 6. The minimum absolute atomic E-state index is 0.180. The molecule has 0 aliphatic rings. The van der Waals surface area contributed by atoms with Crippen LogP contribution in [0.5, 0.6) is 0 Å². The van der Waals surface area contributed by atoms with E-state index in [9.17, 15) is 14.4 Å². The molecule has 0 bridgehead atoms. The summed E-state index contributed by atoms with van der Waals surface area (Å²) in [6.07, 6.45) is 0.522. The molecule has 0 unspecified atom stereocenters. The van der Waals surface area contributed by atoms with Crippen molar-refractivity contribution in [3.8, 4) is 0 Å². The van der Waals surface area contributed by atoms with Crippen molar-refractivity contribution in [2.75, 3.05) is 11.9 Å². The van der Waals surface area contributed by atoms with Gasteiger partial charge in [0, 0.05) is 23.2 Å². The van der Waals surface area contributed by atoms with Crippen LogP contribution in [0.1, 0.15) is 29.3 Å². The number of ether oxygens (including phenoxy) is 1. The van der Waals surface area contributed by atoms with E-state index in [1.54, 1.807) is 31.2 Å². The van der Waals surface area contributed by atoms with Crippen LogP contribution in [0.15, 0.2) is 59.4 Å². The normalized spacial score (nSPS) is 10.6. The lowest BCUT2D eigenvalue weighted by molar-refractivity contribution is -0.116. The number of fused-ring (bicyclic) bond motifs is 1. The van der Waals surface area contributed by atoms with E-state index in [1.807, 2.05) is 30.3 Å². The Balaban J connectivity index is 1.61. The molecule has 27 heavy (non-hydrogen) atoms. The molecule has 6 heteroatoms. The predicted molar refractivity (Wildman–Crippen MR) is 104 cm³/mol. The maximum Gasteiger partial charge on any atom is 0.338 e. The maximum absolute atomic E-state index is 12.2. The van der Waals surface area contributed by atoms with Crippen LogP contribution < -0.4 is 10.9 Å². The first-order valence-electron chi connectivity index (χ1n) is 8.75. The topological polar surface area (TPSA) is 88.3 Å². The lowest BCUT2D eigenvalue weighted by Gasteiger charge is -2.07. The van der Waals surface area contributed by atoms with Gasteiger partial charge in [-0.3, -0.25) is 9.59 Å². The number of para-hydroxylation sites is 1. The number of anilines is 1. The molecular weight excluding hydrogens is 344 g/mol. The van der Waals surface area contributed by atoms with E-state index >= 15 is 0 Å². The number of aryl methyl sites for hydroxylation is 1. The van der Waals surface area contributed by atoms with Gasteiger partial charge in [0.15, 0.2) is 0 Å². The van der Waals surface area contributed by atoms with Crippen molar-refractivity contribution in [1.29, 1.82) is 0 Å². The van der Waals surface area contributed by atoms with E-state index < -0.39 is 5.97 Å². The van der Waals surface area contributed by atoms with Crippen LogP contribution in [0.3, 0.4) is 0 Å². The van der Waals surface area contributed by atoms with Crippen molar-refractivity contribution in [3.05, 3.63) is 76.1 Å². The fourth-order valence-corrected chi connectivity index (χ4v) is 2.75. The third kappa shape index (κ3) is 4.61. The minimum Gasteiger partial charge on any atom is -0.462 e. The molecule has 1 aromatic heterocycles. The number of hydrogen-bond acceptors (Lipinski definition) is 4. The smallest absolute Gasteiger partial charge is 0.338 e. The van der Waals surface area contributed by atoms with Gasteiger partial charge in [-0.1, -0.05) is 18.2 Å². The van der Waals surface area contributed by atoms with Crippen LogP contribution in [0, 0.1) is 0 Å². The van der Waals surface area contributed by atoms with E-state index in [0.717, 1.165) is 10.9 Å². The van der Waals surface area contributed by atoms with Gasteiger partial charge in [0.25, 0.3) is 5.56 Å². The van der Waals surface area contributed by atoms with E-state index in [-0.39, 0.29) is 17.9 Å². The number of aromatic amines is 1. The summed E-state index contributed by atoms with van der Waals surface area (Å²) in [4.78, 5) is 38.7. The van der Waals surface area contributed by atoms with Gasteiger partial charge in [-0.15, -0.1) is 0 Å². The lowest BCUT2D eigenvalue weighted by Crippen LogP contribution is -2.17. The molecule has 2 N–H and O–H groups in total. The molecule has 0 radical (unpaired) electrons. The Hall–Kier alpha value is -3.41. The summed E-state index contributed by atoms with van der Waals surface area (Å²) in [6.45, 7) is 2.05. The van der Waals surface area contributed by atoms with E-state index in [1.165, 1.54) is 0 Å². The molecule has 2 aromatic carbocycles. The Labute approximate surface area is 156 Å². The average molecular weight is 364 g/mol. The molecule has 138 valence electrons. The molecule has 0 aliphatic heterocycles. The molecule has 1 amide bonds. The zero-order valence-corrected chi connectivity index (χ0v) is 15.0. The SMILES string of the molecule is CCOC(=O)c1ccc(NC(=O)CCc2cc3ccccc3[nH]c2=O)cc1. The van der Waals surface area contributed by atoms with E-state index in [4.69, 9.17) is 4.74 Å². The van der Waals surface area contributed by atoms with Crippen molar-refractivity contribution >= 4 is 28.5 Å². The van der Waals surface area contributed by atoms with Crippen LogP contribution in [-0.2, 0) is 16.0 Å². The van der Waals surface area contributed by atoms with Crippen molar-refractivity contribution in [2.45, 2.75) is 19.8 Å². The van der Waals surface area contributed by atoms with Gasteiger partial charge >= 0.3 is 5.97 Å². The van der Waals surface area contributed by atoms with Crippen LogP contribution in [0.4, 0.5) is 5.69 Å². The quantitative estimate of drug-likeness (QED) is 0.657. The van der Waals surface area contributed by atoms with Crippen molar-refractivity contribution in [2.24, 2.45) is 0 Å². The molecule has 0 saturated heterocycles. The predicted octanol–water partition coefficient (Wildman–Crippen LogP) is 3.28. The minimum atomic E-state index is -0.397. The maximum atomic E-state index is 12.2. The molecule has 3 rings (SSSR count). The van der Waals surface area contributed by atoms with Gasteiger partial charge in [-0.25, -0.2) is 4.79 Å². The summed E-state index contributed by atoms with van der Waals surface area (Å²) in [7, 11) is 0. The molecule has 0 fully saturated rings. The molecule has 6 nitrogen and oxygen atoms in total. The van der Waals surface area contributed by atoms with Crippen LogP contribution in [0.2, 0.25) is 0 Å². The fourth-order valence-electron chi connectivity index (χ4n) is 2.75. The van der Waals surface area contributed by atoms with Crippen molar-refractivity contribution < 1.29 is 14.3 Å². The Morgan fingerprint density at radius 1 is 1.07 bits per heavy atom. The molecule has 1 heterocycles. The highest BCUT2D eigenvalue weighted by Gasteiger charge is 2.09. The number of carbonyl (C=O) groups is 2. The highest BCUT2D eigenvalue weighted by atomic mass is 16.5. The van der Waals surface area contributed by atoms with Crippen molar-refractivity contribution in [3.63, 3.8) is 0 Å². The second-order valence-electron chi connectivity index (χ2n) is 6.06. The number of amides is 1. The molecule has 0 saturated carbocycles. The largest absolute Gasteiger partial charge is 0.462 e. The Morgan fingerprint density at radius 2 is 1.81 bits per heavy atom. The van der Waals surface area contributed by atoms with E-state index in [0.29, 0.717) is 29.8 Å². The fraction of sp³-hybridized carbons (Fsp3) is 0.190. The zero-order valence-electron chi connectivity index (χ0n) is 15.0. The first kappa shape index (κ1) is 18.4. The molecule has 0 aliphatic carbocycles. The summed E-state index contributed by atoms with van der Waals surface area (Å²) in [6, 6.07) is 15.8. The standard InChI is InChI=1S/C21H20N2O4/c1-2-27-21(26)14-7-10-17(11-8-14)22-19(24)12-9-16-13-15-5-3-4-6-18(15)23-20(16)25/h3-8,10-11,13H,2,9,12H2,1H3,(H,22,24)(H,23,25). The van der Waals surface area contributed by atoms with Gasteiger partial charge in [-0.05, 0) is 55.1 Å². The average Bonchev–Trinajstić information content (AvgIpc) is 2.67. The van der Waals surface area contributed by atoms with Gasteiger partial charge in [0.1, 0.15) is 0 Å². The summed E-state index contributed by atoms with van der Waals surface area (Å²) in [5.74, 6) is -0.600. The number of esters is 1. The third-order valence-electron chi connectivity index (χ3n) is 4.13. The second kappa shape index (κ2) is 8.31. The highest BCUT2D eigenvalue weighted by molar-refractivity contribution is 5.93. The number of benzene rings is 2. The first-order chi connectivity index (χ1) is 13.1.